The second-order valence-electron chi connectivity index (χ2n) is 5.84. The van der Waals surface area contributed by atoms with Crippen LogP contribution in [0.3, 0.4) is 0 Å². The molecule has 24 heavy (non-hydrogen) atoms. The molecule has 0 spiro atoms. The molecule has 1 aliphatic rings. The molecule has 0 aromatic heterocycles. The molecule has 0 fully saturated rings. The van der Waals surface area contributed by atoms with Crippen LogP contribution in [0, 0.1) is 18.3 Å². The summed E-state index contributed by atoms with van der Waals surface area (Å²) in [7, 11) is 0. The molecular formula is C20H18N2OS. The van der Waals surface area contributed by atoms with Crippen LogP contribution in [-0.2, 0) is 10.5 Å². The topological polar surface area (TPSA) is 52.9 Å². The number of nitriles is 1. The smallest absolute Gasteiger partial charge is 0.225 e. The van der Waals surface area contributed by atoms with Crippen LogP contribution in [0.4, 0.5) is 0 Å². The number of hydrogen-bond acceptors (Lipinski definition) is 3. The van der Waals surface area contributed by atoms with Crippen LogP contribution < -0.4 is 5.32 Å². The molecular weight excluding hydrogens is 316 g/mol. The Morgan fingerprint density at radius 3 is 2.54 bits per heavy atom. The van der Waals surface area contributed by atoms with Gasteiger partial charge in [-0.2, -0.15) is 5.26 Å². The van der Waals surface area contributed by atoms with Crippen LogP contribution in [0.15, 0.2) is 65.2 Å². The number of nitrogens with one attached hydrogen (secondary N) is 1. The summed E-state index contributed by atoms with van der Waals surface area (Å²) in [4.78, 5) is 12.1. The van der Waals surface area contributed by atoms with Crippen molar-refractivity contribution in [3.63, 3.8) is 0 Å². The van der Waals surface area contributed by atoms with Crippen LogP contribution in [0.25, 0.3) is 0 Å². The lowest BCUT2D eigenvalue weighted by atomic mass is 9.87. The molecule has 0 bridgehead atoms. The molecule has 2 aromatic rings. The minimum Gasteiger partial charge on any atom is -0.320 e. The Morgan fingerprint density at radius 1 is 1.17 bits per heavy atom. The van der Waals surface area contributed by atoms with Crippen LogP contribution in [0.5, 0.6) is 0 Å². The summed E-state index contributed by atoms with van der Waals surface area (Å²) in [5.74, 6) is 0.530. The fourth-order valence-electron chi connectivity index (χ4n) is 2.74. The molecule has 0 saturated carbocycles. The van der Waals surface area contributed by atoms with Gasteiger partial charge in [0.1, 0.15) is 0 Å². The molecule has 1 N–H and O–H groups in total. The lowest BCUT2D eigenvalue weighted by Crippen LogP contribution is -2.30. The number of carbonyl (C=O) groups is 1. The average Bonchev–Trinajstić information content (AvgIpc) is 2.61. The molecule has 1 heterocycles. The number of rotatable bonds is 4. The normalized spacial score (nSPS) is 17.3. The molecule has 1 atom stereocenters. The summed E-state index contributed by atoms with van der Waals surface area (Å²) in [6, 6.07) is 20.4. The number of hydrogen-bond donors (Lipinski definition) is 1. The summed E-state index contributed by atoms with van der Waals surface area (Å²) >= 11 is 1.52. The number of thioether (sulfide) groups is 1. The van der Waals surface area contributed by atoms with E-state index in [-0.39, 0.29) is 11.8 Å². The Hall–Kier alpha value is -2.51. The van der Waals surface area contributed by atoms with Crippen molar-refractivity contribution < 1.29 is 4.79 Å². The maximum Gasteiger partial charge on any atom is 0.225 e. The Bertz CT molecular complexity index is 804. The predicted octanol–water partition coefficient (Wildman–Crippen LogP) is 4.27. The van der Waals surface area contributed by atoms with Crippen LogP contribution in [-0.4, -0.2) is 5.91 Å². The second kappa shape index (κ2) is 7.37. The first-order valence-corrected chi connectivity index (χ1v) is 8.83. The SMILES string of the molecule is Cc1ccc(CSC2=C(C#N)C(c3ccccc3)CC(=O)N2)cc1. The molecule has 1 amide bonds. The first-order chi connectivity index (χ1) is 11.7. The molecule has 120 valence electrons. The first kappa shape index (κ1) is 16.4. The summed E-state index contributed by atoms with van der Waals surface area (Å²) in [6.07, 6.45) is 0.321. The number of aryl methyl sites for hydroxylation is 1. The van der Waals surface area contributed by atoms with E-state index in [1.54, 1.807) is 0 Å². The summed E-state index contributed by atoms with van der Waals surface area (Å²) in [5.41, 5.74) is 4.05. The van der Waals surface area contributed by atoms with Crippen molar-refractivity contribution in [2.75, 3.05) is 0 Å². The van der Waals surface area contributed by atoms with E-state index in [2.05, 4.69) is 42.6 Å². The molecule has 1 aliphatic heterocycles. The van der Waals surface area contributed by atoms with Gasteiger partial charge in [0.15, 0.2) is 0 Å². The zero-order valence-electron chi connectivity index (χ0n) is 13.5. The summed E-state index contributed by atoms with van der Waals surface area (Å²) < 4.78 is 0. The molecule has 0 saturated heterocycles. The van der Waals surface area contributed by atoms with Crippen molar-refractivity contribution in [1.82, 2.24) is 5.32 Å². The number of allylic oxidation sites excluding steroid dienone is 1. The van der Waals surface area contributed by atoms with Gasteiger partial charge in [-0.15, -0.1) is 11.8 Å². The monoisotopic (exact) mass is 334 g/mol. The third-order valence-corrected chi connectivity index (χ3v) is 5.15. The van der Waals surface area contributed by atoms with E-state index < -0.39 is 0 Å². The fraction of sp³-hybridized carbons (Fsp3) is 0.200. The molecule has 1 unspecified atom stereocenters. The molecule has 3 nitrogen and oxygen atoms in total. The van der Waals surface area contributed by atoms with Crippen LogP contribution >= 0.6 is 11.8 Å². The van der Waals surface area contributed by atoms with Crippen molar-refractivity contribution >= 4 is 17.7 Å². The number of benzene rings is 2. The first-order valence-electron chi connectivity index (χ1n) is 7.85. The maximum atomic E-state index is 12.1. The van der Waals surface area contributed by atoms with E-state index in [0.29, 0.717) is 17.0 Å². The highest BCUT2D eigenvalue weighted by Gasteiger charge is 2.29. The molecule has 0 aliphatic carbocycles. The Balaban J connectivity index is 1.85. The highest BCUT2D eigenvalue weighted by atomic mass is 32.2. The largest absolute Gasteiger partial charge is 0.320 e. The number of amides is 1. The number of carbonyl (C=O) groups excluding carboxylic acids is 1. The van der Waals surface area contributed by atoms with Crippen molar-refractivity contribution in [1.29, 1.82) is 5.26 Å². The minimum atomic E-state index is -0.162. The predicted molar refractivity (Wildman–Crippen MR) is 97.1 cm³/mol. The van der Waals surface area contributed by atoms with Crippen molar-refractivity contribution in [3.05, 3.63) is 81.9 Å². The summed E-state index contributed by atoms with van der Waals surface area (Å²) in [5, 5.41) is 13.2. The van der Waals surface area contributed by atoms with Gasteiger partial charge in [-0.1, -0.05) is 60.2 Å². The van der Waals surface area contributed by atoms with E-state index >= 15 is 0 Å². The molecule has 2 aromatic carbocycles. The van der Waals surface area contributed by atoms with Gasteiger partial charge in [0, 0.05) is 18.1 Å². The highest BCUT2D eigenvalue weighted by molar-refractivity contribution is 8.02. The van der Waals surface area contributed by atoms with Gasteiger partial charge in [0.05, 0.1) is 16.7 Å². The molecule has 3 rings (SSSR count). The standard InChI is InChI=1S/C20H18N2OS/c1-14-7-9-15(10-8-14)13-24-20-18(12-21)17(11-19(23)22-20)16-5-3-2-4-6-16/h2-10,17H,11,13H2,1H3,(H,22,23). The van der Waals surface area contributed by atoms with Crippen LogP contribution in [0.2, 0.25) is 0 Å². The van der Waals surface area contributed by atoms with Gasteiger partial charge < -0.3 is 5.32 Å². The van der Waals surface area contributed by atoms with Gasteiger partial charge in [-0.3, -0.25) is 4.79 Å². The quantitative estimate of drug-likeness (QED) is 0.908. The Morgan fingerprint density at radius 2 is 1.88 bits per heavy atom. The van der Waals surface area contributed by atoms with Gasteiger partial charge in [-0.05, 0) is 18.1 Å². The van der Waals surface area contributed by atoms with Crippen molar-refractivity contribution in [2.24, 2.45) is 0 Å². The third kappa shape index (κ3) is 3.69. The van der Waals surface area contributed by atoms with E-state index in [4.69, 9.17) is 0 Å². The van der Waals surface area contributed by atoms with Gasteiger partial charge in [0.2, 0.25) is 5.91 Å². The van der Waals surface area contributed by atoms with Gasteiger partial charge in [0.25, 0.3) is 0 Å². The third-order valence-electron chi connectivity index (χ3n) is 4.06. The fourth-order valence-corrected chi connectivity index (χ4v) is 3.78. The summed E-state index contributed by atoms with van der Waals surface area (Å²) in [6.45, 7) is 2.05. The van der Waals surface area contributed by atoms with E-state index in [1.807, 2.05) is 30.3 Å². The average molecular weight is 334 g/mol. The zero-order chi connectivity index (χ0) is 16.9. The van der Waals surface area contributed by atoms with E-state index in [9.17, 15) is 10.1 Å². The van der Waals surface area contributed by atoms with Crippen molar-refractivity contribution in [3.8, 4) is 6.07 Å². The second-order valence-corrected chi connectivity index (χ2v) is 6.83. The zero-order valence-corrected chi connectivity index (χ0v) is 14.3. The van der Waals surface area contributed by atoms with Gasteiger partial charge >= 0.3 is 0 Å². The lowest BCUT2D eigenvalue weighted by Gasteiger charge is -2.25. The number of nitrogens with zero attached hydrogens (tertiary/aromatic N) is 1. The van der Waals surface area contributed by atoms with Crippen molar-refractivity contribution in [2.45, 2.75) is 25.0 Å². The minimum absolute atomic E-state index is 0.0331. The Labute approximate surface area is 146 Å². The molecule has 0 radical (unpaired) electrons. The molecule has 4 heteroatoms. The lowest BCUT2D eigenvalue weighted by molar-refractivity contribution is -0.120. The van der Waals surface area contributed by atoms with Crippen LogP contribution in [0.1, 0.15) is 29.0 Å². The Kier molecular flexibility index (Phi) is 5.02. The maximum absolute atomic E-state index is 12.1. The van der Waals surface area contributed by atoms with Gasteiger partial charge in [-0.25, -0.2) is 0 Å². The highest BCUT2D eigenvalue weighted by Crippen LogP contribution is 2.36. The van der Waals surface area contributed by atoms with E-state index in [0.717, 1.165) is 11.3 Å². The van der Waals surface area contributed by atoms with E-state index in [1.165, 1.54) is 22.9 Å².